The van der Waals surface area contributed by atoms with Crippen LogP contribution in [0.25, 0.3) is 10.2 Å². The van der Waals surface area contributed by atoms with Gasteiger partial charge in [0.05, 0.1) is 30.0 Å². The first-order valence-electron chi connectivity index (χ1n) is 9.67. The highest BCUT2D eigenvalue weighted by atomic mass is 35.5. The lowest BCUT2D eigenvalue weighted by molar-refractivity contribution is 0.0391. The summed E-state index contributed by atoms with van der Waals surface area (Å²) in [4.78, 5) is 22.1. The number of carbonyl (C=O) groups excluding carboxylic acids is 1. The second-order valence-electron chi connectivity index (χ2n) is 6.99. The van der Waals surface area contributed by atoms with Crippen molar-refractivity contribution in [2.24, 2.45) is 0 Å². The Labute approximate surface area is 211 Å². The number of anilines is 1. The standard InChI is InChI=1S/C21H20Cl3N3O3S.ClH/c1-29-17-3-2-16(24)19-18(17)25-21(31-19)27(5-4-26-6-8-30-9-7-26)20(28)13-10-14(22)12-15(23)11-13;/h2-3,10-12H,4-9H2,1H3;1H. The molecule has 0 N–H and O–H groups in total. The van der Waals surface area contributed by atoms with Gasteiger partial charge in [-0.2, -0.15) is 0 Å². The van der Waals surface area contributed by atoms with Crippen molar-refractivity contribution in [3.8, 4) is 5.75 Å². The van der Waals surface area contributed by atoms with Gasteiger partial charge in [0.1, 0.15) is 11.3 Å². The van der Waals surface area contributed by atoms with E-state index in [0.717, 1.165) is 17.8 Å². The summed E-state index contributed by atoms with van der Waals surface area (Å²) in [7, 11) is 1.58. The van der Waals surface area contributed by atoms with Crippen LogP contribution in [0.15, 0.2) is 30.3 Å². The molecule has 1 saturated heterocycles. The van der Waals surface area contributed by atoms with Gasteiger partial charge in [0.25, 0.3) is 5.91 Å². The predicted octanol–water partition coefficient (Wildman–Crippen LogP) is 5.67. The van der Waals surface area contributed by atoms with E-state index in [1.807, 2.05) is 0 Å². The van der Waals surface area contributed by atoms with Gasteiger partial charge < -0.3 is 9.47 Å². The zero-order valence-corrected chi connectivity index (χ0v) is 21.0. The third kappa shape index (κ3) is 5.59. The number of morpholine rings is 1. The number of amides is 1. The summed E-state index contributed by atoms with van der Waals surface area (Å²) < 4.78 is 11.6. The molecule has 172 valence electrons. The van der Waals surface area contributed by atoms with Crippen molar-refractivity contribution in [3.05, 3.63) is 51.0 Å². The molecule has 1 aromatic heterocycles. The van der Waals surface area contributed by atoms with Crippen molar-refractivity contribution in [2.75, 3.05) is 51.4 Å². The van der Waals surface area contributed by atoms with Crippen molar-refractivity contribution in [2.45, 2.75) is 0 Å². The van der Waals surface area contributed by atoms with Crippen LogP contribution in [0.5, 0.6) is 5.75 Å². The second kappa shape index (κ2) is 11.2. The molecule has 0 aliphatic carbocycles. The summed E-state index contributed by atoms with van der Waals surface area (Å²) in [5, 5.41) is 1.90. The number of methoxy groups -OCH3 is 1. The Kier molecular flexibility index (Phi) is 8.86. The van der Waals surface area contributed by atoms with Crippen molar-refractivity contribution in [1.29, 1.82) is 0 Å². The molecule has 0 saturated carbocycles. The number of nitrogens with zero attached hydrogens (tertiary/aromatic N) is 3. The molecule has 4 rings (SSSR count). The smallest absolute Gasteiger partial charge is 0.260 e. The van der Waals surface area contributed by atoms with E-state index in [0.29, 0.717) is 63.3 Å². The molecule has 0 unspecified atom stereocenters. The molecule has 1 aliphatic heterocycles. The summed E-state index contributed by atoms with van der Waals surface area (Å²) in [6.07, 6.45) is 0. The SMILES string of the molecule is COc1ccc(Cl)c2sc(N(CCN3CCOCC3)C(=O)c3cc(Cl)cc(Cl)c3)nc12.Cl. The van der Waals surface area contributed by atoms with E-state index in [2.05, 4.69) is 4.90 Å². The minimum absolute atomic E-state index is 0. The molecule has 0 spiro atoms. The molecular formula is C21H21Cl4N3O3S. The molecule has 0 radical (unpaired) electrons. The van der Waals surface area contributed by atoms with Crippen LogP contribution in [0, 0.1) is 0 Å². The number of halogens is 4. The van der Waals surface area contributed by atoms with Gasteiger partial charge in [0, 0.05) is 41.8 Å². The van der Waals surface area contributed by atoms with Gasteiger partial charge in [-0.25, -0.2) is 4.98 Å². The number of thiazole rings is 1. The first-order valence-corrected chi connectivity index (χ1v) is 11.6. The highest BCUT2D eigenvalue weighted by molar-refractivity contribution is 7.23. The Balaban J connectivity index is 0.00000289. The lowest BCUT2D eigenvalue weighted by atomic mass is 10.2. The van der Waals surface area contributed by atoms with Crippen LogP contribution >= 0.6 is 58.5 Å². The number of aromatic nitrogens is 1. The first-order chi connectivity index (χ1) is 15.0. The number of ether oxygens (including phenoxy) is 2. The average molecular weight is 537 g/mol. The maximum absolute atomic E-state index is 13.5. The zero-order chi connectivity index (χ0) is 22.0. The highest BCUT2D eigenvalue weighted by Gasteiger charge is 2.25. The zero-order valence-electron chi connectivity index (χ0n) is 17.1. The second-order valence-corrected chi connectivity index (χ2v) is 9.25. The molecule has 32 heavy (non-hydrogen) atoms. The normalized spacial score (nSPS) is 14.2. The first kappa shape index (κ1) is 25.3. The third-order valence-corrected chi connectivity index (χ3v) is 6.97. The molecule has 3 aromatic rings. The Hall–Kier alpha value is -1.32. The van der Waals surface area contributed by atoms with E-state index >= 15 is 0 Å². The molecule has 11 heteroatoms. The van der Waals surface area contributed by atoms with E-state index in [-0.39, 0.29) is 18.3 Å². The van der Waals surface area contributed by atoms with Crippen LogP contribution < -0.4 is 9.64 Å². The van der Waals surface area contributed by atoms with Crippen LogP contribution in [0.3, 0.4) is 0 Å². The van der Waals surface area contributed by atoms with Gasteiger partial charge in [-0.1, -0.05) is 46.1 Å². The number of rotatable bonds is 6. The van der Waals surface area contributed by atoms with Gasteiger partial charge in [-0.05, 0) is 30.3 Å². The number of hydrogen-bond donors (Lipinski definition) is 0. The van der Waals surface area contributed by atoms with Crippen LogP contribution in [-0.2, 0) is 4.74 Å². The summed E-state index contributed by atoms with van der Waals surface area (Å²) in [5.74, 6) is 0.375. The summed E-state index contributed by atoms with van der Waals surface area (Å²) in [6, 6.07) is 8.35. The van der Waals surface area contributed by atoms with Gasteiger partial charge in [0.2, 0.25) is 0 Å². The molecule has 0 bridgehead atoms. The molecular weight excluding hydrogens is 516 g/mol. The van der Waals surface area contributed by atoms with Crippen LogP contribution in [0.2, 0.25) is 15.1 Å². The topological polar surface area (TPSA) is 54.9 Å². The maximum Gasteiger partial charge on any atom is 0.260 e. The van der Waals surface area contributed by atoms with Crippen LogP contribution in [0.4, 0.5) is 5.13 Å². The van der Waals surface area contributed by atoms with E-state index in [4.69, 9.17) is 49.3 Å². The fourth-order valence-corrected chi connectivity index (χ4v) is 5.21. The Morgan fingerprint density at radius 2 is 1.88 bits per heavy atom. The van der Waals surface area contributed by atoms with Crippen molar-refractivity contribution >= 4 is 79.8 Å². The lowest BCUT2D eigenvalue weighted by Gasteiger charge is -2.29. The Bertz CT molecular complexity index is 1090. The maximum atomic E-state index is 13.5. The summed E-state index contributed by atoms with van der Waals surface area (Å²) in [6.45, 7) is 4.15. The van der Waals surface area contributed by atoms with Gasteiger partial charge >= 0.3 is 0 Å². The Morgan fingerprint density at radius 3 is 2.53 bits per heavy atom. The highest BCUT2D eigenvalue weighted by Crippen LogP contribution is 2.39. The van der Waals surface area contributed by atoms with E-state index in [9.17, 15) is 4.79 Å². The molecule has 6 nitrogen and oxygen atoms in total. The minimum atomic E-state index is -0.230. The molecule has 2 aromatic carbocycles. The summed E-state index contributed by atoms with van der Waals surface area (Å²) in [5.41, 5.74) is 1.03. The number of hydrogen-bond acceptors (Lipinski definition) is 6. The van der Waals surface area contributed by atoms with E-state index in [1.165, 1.54) is 11.3 Å². The van der Waals surface area contributed by atoms with Gasteiger partial charge in [-0.15, -0.1) is 12.4 Å². The number of benzene rings is 2. The van der Waals surface area contributed by atoms with Crippen molar-refractivity contribution in [1.82, 2.24) is 9.88 Å². The van der Waals surface area contributed by atoms with Gasteiger partial charge in [-0.3, -0.25) is 14.6 Å². The fourth-order valence-electron chi connectivity index (χ4n) is 3.40. The molecule has 0 atom stereocenters. The monoisotopic (exact) mass is 535 g/mol. The molecule has 2 heterocycles. The number of carbonyl (C=O) groups is 1. The van der Waals surface area contributed by atoms with E-state index < -0.39 is 0 Å². The van der Waals surface area contributed by atoms with Crippen LogP contribution in [-0.4, -0.2) is 62.3 Å². The molecule has 1 aliphatic rings. The third-order valence-electron chi connectivity index (χ3n) is 5.00. The minimum Gasteiger partial charge on any atom is -0.494 e. The van der Waals surface area contributed by atoms with E-state index in [1.54, 1.807) is 42.3 Å². The van der Waals surface area contributed by atoms with Gasteiger partial charge in [0.15, 0.2) is 5.13 Å². The lowest BCUT2D eigenvalue weighted by Crippen LogP contribution is -2.43. The largest absolute Gasteiger partial charge is 0.494 e. The molecule has 1 amide bonds. The predicted molar refractivity (Wildman–Crippen MR) is 134 cm³/mol. The average Bonchev–Trinajstić information content (AvgIpc) is 3.20. The summed E-state index contributed by atoms with van der Waals surface area (Å²) >= 11 is 20.0. The Morgan fingerprint density at radius 1 is 1.19 bits per heavy atom. The molecule has 1 fully saturated rings. The number of fused-ring (bicyclic) bond motifs is 1. The van der Waals surface area contributed by atoms with Crippen molar-refractivity contribution in [3.63, 3.8) is 0 Å². The quantitative estimate of drug-likeness (QED) is 0.406. The van der Waals surface area contributed by atoms with Crippen molar-refractivity contribution < 1.29 is 14.3 Å². The van der Waals surface area contributed by atoms with Crippen LogP contribution in [0.1, 0.15) is 10.4 Å². The fraction of sp³-hybridized carbons (Fsp3) is 0.333.